The number of nitrogens with zero attached hydrogens (tertiary/aromatic N) is 4. The molecule has 6 heteroatoms. The van der Waals surface area contributed by atoms with Crippen LogP contribution >= 0.6 is 0 Å². The van der Waals surface area contributed by atoms with Gasteiger partial charge >= 0.3 is 0 Å². The first kappa shape index (κ1) is 13.0. The first-order valence-corrected chi connectivity index (χ1v) is 6.34. The van der Waals surface area contributed by atoms with E-state index in [0.717, 1.165) is 39.3 Å². The van der Waals surface area contributed by atoms with Gasteiger partial charge in [-0.2, -0.15) is 0 Å². The highest BCUT2D eigenvalue weighted by Gasteiger charge is 2.12. The van der Waals surface area contributed by atoms with Crippen LogP contribution in [-0.2, 0) is 7.05 Å². The van der Waals surface area contributed by atoms with Crippen LogP contribution in [0.1, 0.15) is 0 Å². The van der Waals surface area contributed by atoms with E-state index in [9.17, 15) is 4.79 Å². The molecule has 1 saturated heterocycles. The van der Waals surface area contributed by atoms with E-state index in [2.05, 4.69) is 15.2 Å². The third-order valence-corrected chi connectivity index (χ3v) is 3.32. The number of nitrogens with one attached hydrogen (secondary N) is 1. The molecule has 0 aliphatic carbocycles. The van der Waals surface area contributed by atoms with Crippen molar-refractivity contribution in [2.24, 2.45) is 7.05 Å². The molecule has 2 rings (SSSR count). The standard InChI is InChI=1S/C12H21N5O/c1-15(9-10-17-7-3-13-4-8-17)11-12(18)16(2)6-5-14-11/h5-6,13H,3-4,7-10H2,1-2H3. The van der Waals surface area contributed by atoms with Crippen molar-refractivity contribution in [1.29, 1.82) is 0 Å². The molecular formula is C12H21N5O. The predicted molar refractivity (Wildman–Crippen MR) is 72.1 cm³/mol. The summed E-state index contributed by atoms with van der Waals surface area (Å²) in [7, 11) is 3.67. The summed E-state index contributed by atoms with van der Waals surface area (Å²) in [4.78, 5) is 20.4. The summed E-state index contributed by atoms with van der Waals surface area (Å²) in [6.07, 6.45) is 3.34. The Bertz CT molecular complexity index is 438. The zero-order valence-electron chi connectivity index (χ0n) is 11.1. The van der Waals surface area contributed by atoms with Gasteiger partial charge < -0.3 is 14.8 Å². The van der Waals surface area contributed by atoms with Crippen molar-refractivity contribution in [3.63, 3.8) is 0 Å². The van der Waals surface area contributed by atoms with Gasteiger partial charge in [0.2, 0.25) is 0 Å². The fourth-order valence-corrected chi connectivity index (χ4v) is 2.08. The molecule has 1 aromatic heterocycles. The van der Waals surface area contributed by atoms with E-state index in [1.807, 2.05) is 11.9 Å². The number of piperazine rings is 1. The van der Waals surface area contributed by atoms with Crippen LogP contribution in [-0.4, -0.2) is 60.8 Å². The number of hydrogen-bond acceptors (Lipinski definition) is 5. The molecular weight excluding hydrogens is 230 g/mol. The summed E-state index contributed by atoms with van der Waals surface area (Å²) >= 11 is 0. The number of aromatic nitrogens is 2. The molecule has 0 atom stereocenters. The smallest absolute Gasteiger partial charge is 0.293 e. The third kappa shape index (κ3) is 3.08. The first-order valence-electron chi connectivity index (χ1n) is 6.34. The molecule has 2 heterocycles. The number of rotatable bonds is 4. The van der Waals surface area contributed by atoms with Crippen LogP contribution in [0.2, 0.25) is 0 Å². The van der Waals surface area contributed by atoms with Crippen LogP contribution in [0.25, 0.3) is 0 Å². The van der Waals surface area contributed by atoms with Gasteiger partial charge in [-0.25, -0.2) is 4.98 Å². The second kappa shape index (κ2) is 5.97. The first-order chi connectivity index (χ1) is 8.68. The normalized spacial score (nSPS) is 16.8. The van der Waals surface area contributed by atoms with E-state index in [0.29, 0.717) is 5.82 Å². The minimum absolute atomic E-state index is 0.0414. The molecule has 100 valence electrons. The molecule has 0 amide bonds. The van der Waals surface area contributed by atoms with Crippen molar-refractivity contribution in [1.82, 2.24) is 19.8 Å². The maximum Gasteiger partial charge on any atom is 0.293 e. The van der Waals surface area contributed by atoms with E-state index in [-0.39, 0.29) is 5.56 Å². The van der Waals surface area contributed by atoms with Gasteiger partial charge in [-0.05, 0) is 0 Å². The second-order valence-corrected chi connectivity index (χ2v) is 4.68. The Morgan fingerprint density at radius 3 is 2.89 bits per heavy atom. The second-order valence-electron chi connectivity index (χ2n) is 4.68. The van der Waals surface area contributed by atoms with Gasteiger partial charge in [0.25, 0.3) is 5.56 Å². The van der Waals surface area contributed by atoms with Crippen molar-refractivity contribution in [2.75, 3.05) is 51.2 Å². The van der Waals surface area contributed by atoms with E-state index >= 15 is 0 Å². The quantitative estimate of drug-likeness (QED) is 0.753. The Morgan fingerprint density at radius 1 is 1.44 bits per heavy atom. The lowest BCUT2D eigenvalue weighted by molar-refractivity contribution is 0.246. The molecule has 1 aliphatic heterocycles. The van der Waals surface area contributed by atoms with Crippen molar-refractivity contribution >= 4 is 5.82 Å². The lowest BCUT2D eigenvalue weighted by Crippen LogP contribution is -2.46. The zero-order chi connectivity index (χ0) is 13.0. The molecule has 1 N–H and O–H groups in total. The van der Waals surface area contributed by atoms with Crippen LogP contribution in [0.4, 0.5) is 5.82 Å². The topological polar surface area (TPSA) is 53.4 Å². The van der Waals surface area contributed by atoms with Crippen molar-refractivity contribution in [3.8, 4) is 0 Å². The van der Waals surface area contributed by atoms with Gasteiger partial charge in [0.15, 0.2) is 5.82 Å². The number of aryl methyl sites for hydroxylation is 1. The summed E-state index contributed by atoms with van der Waals surface area (Å²) in [5.74, 6) is 0.523. The Kier molecular flexibility index (Phi) is 4.33. The van der Waals surface area contributed by atoms with Gasteiger partial charge in [0.1, 0.15) is 0 Å². The van der Waals surface area contributed by atoms with Crippen molar-refractivity contribution < 1.29 is 0 Å². The SMILES string of the molecule is CN(CCN1CCNCC1)c1nccn(C)c1=O. The van der Waals surface area contributed by atoms with E-state index in [4.69, 9.17) is 0 Å². The molecule has 18 heavy (non-hydrogen) atoms. The van der Waals surface area contributed by atoms with Gasteiger partial charge in [0.05, 0.1) is 0 Å². The molecule has 6 nitrogen and oxygen atoms in total. The summed E-state index contributed by atoms with van der Waals surface area (Å²) in [6.45, 7) is 6.05. The molecule has 1 aliphatic rings. The predicted octanol–water partition coefficient (Wildman–Crippen LogP) is -0.878. The maximum absolute atomic E-state index is 11.9. The summed E-state index contributed by atoms with van der Waals surface area (Å²) in [5, 5.41) is 3.33. The lowest BCUT2D eigenvalue weighted by Gasteiger charge is -2.29. The molecule has 0 bridgehead atoms. The average Bonchev–Trinajstić information content (AvgIpc) is 2.40. The largest absolute Gasteiger partial charge is 0.354 e. The number of hydrogen-bond donors (Lipinski definition) is 1. The number of anilines is 1. The molecule has 1 fully saturated rings. The Labute approximate surface area is 107 Å². The Balaban J connectivity index is 1.92. The minimum Gasteiger partial charge on any atom is -0.354 e. The molecule has 0 unspecified atom stereocenters. The van der Waals surface area contributed by atoms with E-state index in [1.54, 1.807) is 24.0 Å². The third-order valence-electron chi connectivity index (χ3n) is 3.32. The molecule has 0 spiro atoms. The van der Waals surface area contributed by atoms with E-state index < -0.39 is 0 Å². The highest BCUT2D eigenvalue weighted by atomic mass is 16.1. The summed E-state index contributed by atoms with van der Waals surface area (Å²) < 4.78 is 1.56. The van der Waals surface area contributed by atoms with Crippen LogP contribution in [0.15, 0.2) is 17.2 Å². The molecule has 0 radical (unpaired) electrons. The van der Waals surface area contributed by atoms with Crippen LogP contribution in [0, 0.1) is 0 Å². The fraction of sp³-hybridized carbons (Fsp3) is 0.667. The van der Waals surface area contributed by atoms with Crippen LogP contribution in [0.5, 0.6) is 0 Å². The van der Waals surface area contributed by atoms with Gasteiger partial charge in [-0.1, -0.05) is 0 Å². The summed E-state index contributed by atoms with van der Waals surface area (Å²) in [5.41, 5.74) is -0.0414. The average molecular weight is 251 g/mol. The minimum atomic E-state index is -0.0414. The van der Waals surface area contributed by atoms with Gasteiger partial charge in [-0.3, -0.25) is 9.69 Å². The maximum atomic E-state index is 11.9. The van der Waals surface area contributed by atoms with Crippen molar-refractivity contribution in [2.45, 2.75) is 0 Å². The zero-order valence-corrected chi connectivity index (χ0v) is 11.1. The van der Waals surface area contributed by atoms with Crippen LogP contribution in [0.3, 0.4) is 0 Å². The highest BCUT2D eigenvalue weighted by Crippen LogP contribution is 2.00. The molecule has 0 aromatic carbocycles. The Hall–Kier alpha value is -1.40. The van der Waals surface area contributed by atoms with Crippen molar-refractivity contribution in [3.05, 3.63) is 22.7 Å². The highest BCUT2D eigenvalue weighted by molar-refractivity contribution is 5.34. The fourth-order valence-electron chi connectivity index (χ4n) is 2.08. The van der Waals surface area contributed by atoms with Crippen LogP contribution < -0.4 is 15.8 Å². The molecule has 0 saturated carbocycles. The lowest BCUT2D eigenvalue weighted by atomic mass is 10.3. The van der Waals surface area contributed by atoms with Gasteiger partial charge in [0, 0.05) is 65.8 Å². The van der Waals surface area contributed by atoms with Gasteiger partial charge in [-0.15, -0.1) is 0 Å². The monoisotopic (exact) mass is 251 g/mol. The summed E-state index contributed by atoms with van der Waals surface area (Å²) in [6, 6.07) is 0. The molecule has 1 aromatic rings. The number of likely N-dealkylation sites (N-methyl/N-ethyl adjacent to an activating group) is 1. The van der Waals surface area contributed by atoms with E-state index in [1.165, 1.54) is 0 Å². The Morgan fingerprint density at radius 2 is 2.17 bits per heavy atom.